The summed E-state index contributed by atoms with van der Waals surface area (Å²) in [6, 6.07) is 11.7. The molecule has 1 spiro atoms. The number of nitrogens with two attached hydrogens (primary N) is 1. The van der Waals surface area contributed by atoms with Crippen molar-refractivity contribution in [2.45, 2.75) is 50.4 Å². The van der Waals surface area contributed by atoms with Gasteiger partial charge in [0.25, 0.3) is 5.91 Å². The molecule has 2 N–H and O–H groups in total. The molecule has 0 unspecified atom stereocenters. The Morgan fingerprint density at radius 2 is 1.79 bits per heavy atom. The lowest BCUT2D eigenvalue weighted by atomic mass is 9.70. The van der Waals surface area contributed by atoms with E-state index in [1.807, 2.05) is 6.07 Å². The molecule has 172 valence electrons. The summed E-state index contributed by atoms with van der Waals surface area (Å²) in [5.74, 6) is -0.405. The van der Waals surface area contributed by atoms with E-state index in [9.17, 15) is 14.4 Å². The van der Waals surface area contributed by atoms with Gasteiger partial charge in [-0.2, -0.15) is 0 Å². The largest absolute Gasteiger partial charge is 0.371 e. The van der Waals surface area contributed by atoms with Gasteiger partial charge in [0, 0.05) is 29.2 Å². The minimum Gasteiger partial charge on any atom is -0.371 e. The van der Waals surface area contributed by atoms with Gasteiger partial charge in [-0.25, -0.2) is 0 Å². The predicted molar refractivity (Wildman–Crippen MR) is 132 cm³/mol. The minimum absolute atomic E-state index is 0.0367. The van der Waals surface area contributed by atoms with Gasteiger partial charge in [-0.3, -0.25) is 14.5 Å². The van der Waals surface area contributed by atoms with Crippen LogP contribution >= 0.6 is 15.9 Å². The molecule has 0 aromatic heterocycles. The van der Waals surface area contributed by atoms with Gasteiger partial charge in [-0.05, 0) is 71.4 Å². The van der Waals surface area contributed by atoms with Crippen molar-refractivity contribution >= 4 is 51.1 Å². The van der Waals surface area contributed by atoms with Crippen molar-refractivity contribution < 1.29 is 14.4 Å². The summed E-state index contributed by atoms with van der Waals surface area (Å²) in [5, 5.41) is 0. The summed E-state index contributed by atoms with van der Waals surface area (Å²) >= 11 is 3.46. The number of nitrogens with zero attached hydrogens (tertiary/aromatic N) is 2. The Labute approximate surface area is 202 Å². The van der Waals surface area contributed by atoms with E-state index in [0.717, 1.165) is 81.3 Å². The Balaban J connectivity index is 1.64. The van der Waals surface area contributed by atoms with Crippen LogP contribution in [0.4, 0.5) is 17.1 Å². The average molecular weight is 510 g/mol. The van der Waals surface area contributed by atoms with Crippen LogP contribution in [0.1, 0.15) is 60.9 Å². The van der Waals surface area contributed by atoms with Crippen molar-refractivity contribution in [3.63, 3.8) is 0 Å². The van der Waals surface area contributed by atoms with Crippen LogP contribution in [0.15, 0.2) is 40.9 Å². The summed E-state index contributed by atoms with van der Waals surface area (Å²) in [7, 11) is 0. The number of fused-ring (bicyclic) bond motifs is 2. The van der Waals surface area contributed by atoms with Crippen LogP contribution < -0.4 is 15.5 Å². The third-order valence-corrected chi connectivity index (χ3v) is 8.29. The highest BCUT2D eigenvalue weighted by Crippen LogP contribution is 2.54. The molecule has 33 heavy (non-hydrogen) atoms. The van der Waals surface area contributed by atoms with Gasteiger partial charge < -0.3 is 15.4 Å². The van der Waals surface area contributed by atoms with Crippen LogP contribution in [0.3, 0.4) is 0 Å². The molecule has 7 heteroatoms. The van der Waals surface area contributed by atoms with Gasteiger partial charge in [-0.1, -0.05) is 31.4 Å². The fraction of sp³-hybridized carbons (Fsp3) is 0.423. The highest BCUT2D eigenvalue weighted by molar-refractivity contribution is 9.10. The maximum Gasteiger partial charge on any atom is 0.251 e. The first-order valence-corrected chi connectivity index (χ1v) is 12.5. The number of hydrogen-bond donors (Lipinski definition) is 1. The topological polar surface area (TPSA) is 83.7 Å². The lowest BCUT2D eigenvalue weighted by Gasteiger charge is -2.33. The van der Waals surface area contributed by atoms with Gasteiger partial charge >= 0.3 is 0 Å². The Kier molecular flexibility index (Phi) is 5.77. The van der Waals surface area contributed by atoms with Crippen molar-refractivity contribution in [2.75, 3.05) is 22.9 Å². The van der Waals surface area contributed by atoms with Gasteiger partial charge in [0.05, 0.1) is 22.4 Å². The van der Waals surface area contributed by atoms with E-state index in [1.54, 1.807) is 17.0 Å². The van der Waals surface area contributed by atoms with Crippen LogP contribution in [0.2, 0.25) is 0 Å². The molecule has 0 radical (unpaired) electrons. The van der Waals surface area contributed by atoms with Gasteiger partial charge in [-0.15, -0.1) is 0 Å². The maximum absolute atomic E-state index is 14.1. The van der Waals surface area contributed by atoms with Gasteiger partial charge in [0.2, 0.25) is 5.91 Å². The van der Waals surface area contributed by atoms with E-state index < -0.39 is 11.3 Å². The molecular formula is C26H28BrN3O3. The van der Waals surface area contributed by atoms with Crippen LogP contribution in [0.5, 0.6) is 0 Å². The molecule has 2 fully saturated rings. The third kappa shape index (κ3) is 3.57. The third-order valence-electron chi connectivity index (χ3n) is 7.63. The molecule has 1 saturated carbocycles. The molecule has 0 atom stereocenters. The Hall–Kier alpha value is -2.67. The molecule has 2 aromatic carbocycles. The molecular weight excluding hydrogens is 482 g/mol. The number of primary amides is 1. The van der Waals surface area contributed by atoms with E-state index in [2.05, 4.69) is 39.0 Å². The number of benzene rings is 2. The molecule has 2 aromatic rings. The van der Waals surface area contributed by atoms with E-state index in [-0.39, 0.29) is 11.8 Å². The summed E-state index contributed by atoms with van der Waals surface area (Å²) < 4.78 is 0.582. The van der Waals surface area contributed by atoms with Crippen LogP contribution in [0, 0.1) is 5.92 Å². The first-order chi connectivity index (χ1) is 16.0. The van der Waals surface area contributed by atoms with E-state index >= 15 is 0 Å². The van der Waals surface area contributed by atoms with Crippen LogP contribution in [-0.2, 0) is 15.0 Å². The number of amides is 2. The first kappa shape index (κ1) is 22.1. The molecule has 5 rings (SSSR count). The number of carbonyl (C=O) groups excluding carboxylic acids is 3. The van der Waals surface area contributed by atoms with Gasteiger partial charge in [0.15, 0.2) is 0 Å². The number of aldehydes is 1. The maximum atomic E-state index is 14.1. The first-order valence-electron chi connectivity index (χ1n) is 11.7. The Morgan fingerprint density at radius 1 is 1.06 bits per heavy atom. The summed E-state index contributed by atoms with van der Waals surface area (Å²) in [6.07, 6.45) is 7.54. The molecule has 1 aliphatic carbocycles. The molecule has 0 bridgehead atoms. The predicted octanol–water partition coefficient (Wildman–Crippen LogP) is 4.84. The SMILES string of the molecule is NC(=O)c1c(Br)cccc1N1C(=O)C2(CCCCC2)c2ccc(N3CCC(C=O)CC3)cc21. The quantitative estimate of drug-likeness (QED) is 0.597. The normalized spacial score (nSPS) is 20.2. The average Bonchev–Trinajstić information content (AvgIpc) is 3.06. The summed E-state index contributed by atoms with van der Waals surface area (Å²) in [4.78, 5) is 41.7. The minimum atomic E-state index is -0.566. The summed E-state index contributed by atoms with van der Waals surface area (Å²) in [6.45, 7) is 1.62. The van der Waals surface area contributed by atoms with Crippen molar-refractivity contribution in [3.8, 4) is 0 Å². The number of anilines is 3. The number of rotatable bonds is 4. The highest BCUT2D eigenvalue weighted by Gasteiger charge is 2.52. The second-order valence-corrected chi connectivity index (χ2v) is 10.3. The van der Waals surface area contributed by atoms with Crippen molar-refractivity contribution in [1.82, 2.24) is 0 Å². The highest BCUT2D eigenvalue weighted by atomic mass is 79.9. The van der Waals surface area contributed by atoms with Crippen molar-refractivity contribution in [2.24, 2.45) is 11.7 Å². The number of hydrogen-bond acceptors (Lipinski definition) is 4. The smallest absolute Gasteiger partial charge is 0.251 e. The Bertz CT molecular complexity index is 1120. The second kappa shape index (κ2) is 8.60. The van der Waals surface area contributed by atoms with Crippen LogP contribution in [0.25, 0.3) is 0 Å². The zero-order chi connectivity index (χ0) is 23.2. The number of carbonyl (C=O) groups is 3. The standard InChI is InChI=1S/C26H28BrN3O3/c27-20-5-4-6-21(23(20)24(28)32)30-22-15-18(29-13-9-17(16-31)10-14-29)7-8-19(22)26(25(30)33)11-2-1-3-12-26/h4-8,15-17H,1-3,9-14H2,(H2,28,32). The molecule has 2 heterocycles. The lowest BCUT2D eigenvalue weighted by Crippen LogP contribution is -2.40. The summed E-state index contributed by atoms with van der Waals surface area (Å²) in [5.41, 5.74) is 8.99. The Morgan fingerprint density at radius 3 is 2.45 bits per heavy atom. The molecule has 2 amide bonds. The fourth-order valence-electron chi connectivity index (χ4n) is 5.86. The molecule has 6 nitrogen and oxygen atoms in total. The number of halogens is 1. The second-order valence-electron chi connectivity index (χ2n) is 9.44. The van der Waals surface area contributed by atoms with E-state index in [0.29, 0.717) is 15.7 Å². The molecule has 1 saturated heterocycles. The van der Waals surface area contributed by atoms with Gasteiger partial charge in [0.1, 0.15) is 6.29 Å². The lowest BCUT2D eigenvalue weighted by molar-refractivity contribution is -0.123. The molecule has 3 aliphatic rings. The number of piperidine rings is 1. The van der Waals surface area contributed by atoms with Crippen molar-refractivity contribution in [1.29, 1.82) is 0 Å². The zero-order valence-electron chi connectivity index (χ0n) is 18.6. The monoisotopic (exact) mass is 509 g/mol. The fourth-order valence-corrected chi connectivity index (χ4v) is 6.41. The molecule has 2 aliphatic heterocycles. The van der Waals surface area contributed by atoms with E-state index in [4.69, 9.17) is 5.73 Å². The van der Waals surface area contributed by atoms with E-state index in [1.165, 1.54) is 0 Å². The van der Waals surface area contributed by atoms with Crippen molar-refractivity contribution in [3.05, 3.63) is 52.0 Å². The van der Waals surface area contributed by atoms with Crippen LogP contribution in [-0.4, -0.2) is 31.2 Å². The zero-order valence-corrected chi connectivity index (χ0v) is 20.1.